The average molecular weight is 204 g/mol. The van der Waals surface area contributed by atoms with Gasteiger partial charge in [-0.1, -0.05) is 26.0 Å². The third-order valence-electron chi connectivity index (χ3n) is 2.01. The van der Waals surface area contributed by atoms with Gasteiger partial charge in [-0.05, 0) is 12.1 Å². The lowest BCUT2D eigenvalue weighted by Gasteiger charge is -2.10. The maximum Gasteiger partial charge on any atom is 0.226 e. The number of para-hydroxylation sites is 1. The molecule has 0 saturated carbocycles. The molecule has 0 aliphatic heterocycles. The molecule has 0 aromatic heterocycles. The van der Waals surface area contributed by atoms with Crippen LogP contribution in [0.2, 0.25) is 0 Å². The molecule has 1 aromatic rings. The highest BCUT2D eigenvalue weighted by molar-refractivity contribution is 6.07. The van der Waals surface area contributed by atoms with Gasteiger partial charge < -0.3 is 5.32 Å². The van der Waals surface area contributed by atoms with Crippen molar-refractivity contribution in [1.29, 1.82) is 0 Å². The number of carbonyl (C=O) groups excluding carboxylic acids is 2. The highest BCUT2D eigenvalue weighted by Crippen LogP contribution is 2.16. The zero-order chi connectivity index (χ0) is 11.4. The van der Waals surface area contributed by atoms with Gasteiger partial charge >= 0.3 is 0 Å². The minimum absolute atomic E-state index is 0.108. The van der Waals surface area contributed by atoms with Gasteiger partial charge in [0.05, 0.1) is 5.69 Å². The van der Waals surface area contributed by atoms with E-state index in [0.717, 1.165) is 0 Å². The average Bonchev–Trinajstić information content (AvgIpc) is 2.18. The molecule has 0 bridgehead atoms. The van der Waals surface area contributed by atoms with E-state index in [4.69, 9.17) is 0 Å². The number of hydrogen-bond donors (Lipinski definition) is 1. The Morgan fingerprint density at radius 3 is 2.40 bits per heavy atom. The Morgan fingerprint density at radius 2 is 1.87 bits per heavy atom. The Balaban J connectivity index is 2.94. The summed E-state index contributed by atoms with van der Waals surface area (Å²) in [5, 5.41) is 2.69. The van der Waals surface area contributed by atoms with Gasteiger partial charge in [0.2, 0.25) is 5.91 Å². The number of rotatable bonds is 3. The van der Waals surface area contributed by atoms with Crippen LogP contribution in [0.4, 0.5) is 5.69 Å². The van der Waals surface area contributed by atoms with E-state index in [-0.39, 0.29) is 17.6 Å². The summed E-state index contributed by atoms with van der Waals surface area (Å²) < 4.78 is 0. The van der Waals surface area contributed by atoms with E-state index in [1.165, 1.54) is 0 Å². The zero-order valence-corrected chi connectivity index (χ0v) is 8.91. The van der Waals surface area contributed by atoms with Crippen molar-refractivity contribution >= 4 is 17.4 Å². The van der Waals surface area contributed by atoms with Gasteiger partial charge in [-0.15, -0.1) is 0 Å². The Kier molecular flexibility index (Phi) is 3.61. The first-order chi connectivity index (χ1) is 7.02. The van der Waals surface area contributed by atoms with Crippen molar-refractivity contribution in [3.05, 3.63) is 36.8 Å². The minimum atomic E-state index is -0.297. The first-order valence-electron chi connectivity index (χ1n) is 4.78. The molecule has 0 aliphatic carbocycles. The second-order valence-electron chi connectivity index (χ2n) is 3.61. The fourth-order valence-electron chi connectivity index (χ4n) is 1.11. The predicted molar refractivity (Wildman–Crippen MR) is 59.6 cm³/mol. The molecule has 1 aromatic carbocycles. The Labute approximate surface area is 89.5 Å². The number of ketones is 1. The molecule has 3 heteroatoms. The van der Waals surface area contributed by atoms with E-state index < -0.39 is 0 Å². The molecule has 0 heterocycles. The highest BCUT2D eigenvalue weighted by Gasteiger charge is 2.11. The standard InChI is InChI=1S/C12H14NO2/c1-8(2)12(15)13-11-7-5-4-6-10(11)9(3)14/h4-8H,3H2,1-2H3,(H,13,15). The van der Waals surface area contributed by atoms with E-state index in [1.54, 1.807) is 38.1 Å². The third kappa shape index (κ3) is 2.91. The molecular weight excluding hydrogens is 190 g/mol. The van der Waals surface area contributed by atoms with Crippen LogP contribution in [0.3, 0.4) is 0 Å². The van der Waals surface area contributed by atoms with Crippen molar-refractivity contribution in [2.24, 2.45) is 5.92 Å². The summed E-state index contributed by atoms with van der Waals surface area (Å²) in [4.78, 5) is 22.6. The van der Waals surface area contributed by atoms with E-state index >= 15 is 0 Å². The summed E-state index contributed by atoms with van der Waals surface area (Å²) in [6.07, 6.45) is 0. The highest BCUT2D eigenvalue weighted by atomic mass is 16.2. The summed E-state index contributed by atoms with van der Waals surface area (Å²) in [5.74, 6) is -0.517. The number of anilines is 1. The number of hydrogen-bond acceptors (Lipinski definition) is 2. The smallest absolute Gasteiger partial charge is 0.226 e. The van der Waals surface area contributed by atoms with E-state index in [2.05, 4.69) is 12.2 Å². The summed E-state index contributed by atoms with van der Waals surface area (Å²) in [6.45, 7) is 6.92. The van der Waals surface area contributed by atoms with Crippen LogP contribution < -0.4 is 5.32 Å². The maximum absolute atomic E-state index is 11.4. The van der Waals surface area contributed by atoms with Crippen LogP contribution in [-0.2, 0) is 4.79 Å². The monoisotopic (exact) mass is 204 g/mol. The van der Waals surface area contributed by atoms with E-state index in [0.29, 0.717) is 11.3 Å². The predicted octanol–water partition coefficient (Wildman–Crippen LogP) is 2.30. The largest absolute Gasteiger partial charge is 0.325 e. The molecule has 0 fully saturated rings. The molecule has 1 rings (SSSR count). The van der Waals surface area contributed by atoms with E-state index in [9.17, 15) is 9.59 Å². The molecule has 0 unspecified atom stereocenters. The molecule has 79 valence electrons. The number of Topliss-reactive ketones (excluding diaryl/α,β-unsaturated/α-hetero) is 1. The van der Waals surface area contributed by atoms with Gasteiger partial charge in [0.15, 0.2) is 5.78 Å². The Morgan fingerprint density at radius 1 is 1.27 bits per heavy atom. The summed E-state index contributed by atoms with van der Waals surface area (Å²) in [5.41, 5.74) is 0.961. The van der Waals surface area contributed by atoms with Crippen molar-refractivity contribution in [1.82, 2.24) is 0 Å². The van der Waals surface area contributed by atoms with Gasteiger partial charge in [0.25, 0.3) is 0 Å². The van der Waals surface area contributed by atoms with Gasteiger partial charge in [-0.25, -0.2) is 0 Å². The molecule has 0 spiro atoms. The molecule has 15 heavy (non-hydrogen) atoms. The fraction of sp³-hybridized carbons (Fsp3) is 0.250. The van der Waals surface area contributed by atoms with Crippen molar-refractivity contribution in [3.8, 4) is 0 Å². The Hall–Kier alpha value is -1.64. The first kappa shape index (κ1) is 11.4. The van der Waals surface area contributed by atoms with Crippen LogP contribution in [0.1, 0.15) is 24.2 Å². The number of benzene rings is 1. The summed E-state index contributed by atoms with van der Waals surface area (Å²) in [6, 6.07) is 6.84. The molecule has 1 N–H and O–H groups in total. The molecule has 0 saturated heterocycles. The van der Waals surface area contributed by atoms with Crippen LogP contribution in [0, 0.1) is 12.8 Å². The number of nitrogens with one attached hydrogen (secondary N) is 1. The van der Waals surface area contributed by atoms with Gasteiger partial charge in [0, 0.05) is 18.4 Å². The summed E-state index contributed by atoms with van der Waals surface area (Å²) in [7, 11) is 0. The van der Waals surface area contributed by atoms with Crippen LogP contribution >= 0.6 is 0 Å². The van der Waals surface area contributed by atoms with E-state index in [1.807, 2.05) is 0 Å². The van der Waals surface area contributed by atoms with Crippen LogP contribution in [0.15, 0.2) is 24.3 Å². The molecular formula is C12H14NO2. The topological polar surface area (TPSA) is 46.2 Å². The van der Waals surface area contributed by atoms with Crippen molar-refractivity contribution in [3.63, 3.8) is 0 Å². The number of amides is 1. The van der Waals surface area contributed by atoms with Crippen molar-refractivity contribution in [2.45, 2.75) is 13.8 Å². The minimum Gasteiger partial charge on any atom is -0.325 e. The first-order valence-corrected chi connectivity index (χ1v) is 4.78. The lowest BCUT2D eigenvalue weighted by Crippen LogP contribution is -2.19. The quantitative estimate of drug-likeness (QED) is 0.768. The molecule has 0 aliphatic rings. The van der Waals surface area contributed by atoms with Gasteiger partial charge in [-0.2, -0.15) is 0 Å². The number of carbonyl (C=O) groups is 2. The molecule has 0 atom stereocenters. The third-order valence-corrected chi connectivity index (χ3v) is 2.01. The molecule has 1 amide bonds. The Bertz CT molecular complexity index is 383. The van der Waals surface area contributed by atoms with Crippen molar-refractivity contribution < 1.29 is 9.59 Å². The molecule has 3 nitrogen and oxygen atoms in total. The summed E-state index contributed by atoms with van der Waals surface area (Å²) >= 11 is 0. The van der Waals surface area contributed by atoms with Gasteiger partial charge in [0.1, 0.15) is 0 Å². The lowest BCUT2D eigenvalue weighted by molar-refractivity contribution is -0.118. The maximum atomic E-state index is 11.4. The molecule has 1 radical (unpaired) electrons. The lowest BCUT2D eigenvalue weighted by atomic mass is 10.1. The van der Waals surface area contributed by atoms with Crippen LogP contribution in [0.25, 0.3) is 0 Å². The zero-order valence-electron chi connectivity index (χ0n) is 8.91. The second-order valence-corrected chi connectivity index (χ2v) is 3.61. The van der Waals surface area contributed by atoms with Gasteiger partial charge in [-0.3, -0.25) is 9.59 Å². The van der Waals surface area contributed by atoms with Crippen LogP contribution in [-0.4, -0.2) is 11.7 Å². The SMILES string of the molecule is [CH2]C(=O)c1ccccc1NC(=O)C(C)C. The van der Waals surface area contributed by atoms with Crippen LogP contribution in [0.5, 0.6) is 0 Å². The normalized spacial score (nSPS) is 10.1. The van der Waals surface area contributed by atoms with Crippen molar-refractivity contribution in [2.75, 3.05) is 5.32 Å². The fourth-order valence-corrected chi connectivity index (χ4v) is 1.11. The second kappa shape index (κ2) is 4.73.